The number of aliphatic hydroxyl groups is 1. The van der Waals surface area contributed by atoms with E-state index in [1.807, 2.05) is 0 Å². The van der Waals surface area contributed by atoms with Crippen LogP contribution in [0.4, 0.5) is 0 Å². The number of rotatable bonds is 3. The average molecular weight is 199 g/mol. The predicted octanol–water partition coefficient (Wildman–Crippen LogP) is 0.620. The third-order valence-electron chi connectivity index (χ3n) is 2.49. The molecule has 1 aromatic heterocycles. The number of carboxylic acid groups (broad SMARTS) is 1. The monoisotopic (exact) mass is 199 g/mol. The van der Waals surface area contributed by atoms with Gasteiger partial charge in [0.25, 0.3) is 0 Å². The molecular formula is C8H9NO3S. The van der Waals surface area contributed by atoms with Crippen LogP contribution in [0.1, 0.15) is 18.5 Å². The van der Waals surface area contributed by atoms with Gasteiger partial charge in [0.1, 0.15) is 0 Å². The highest BCUT2D eigenvalue weighted by Crippen LogP contribution is 2.50. The first-order valence-electron chi connectivity index (χ1n) is 3.96. The molecule has 0 amide bonds. The van der Waals surface area contributed by atoms with Crippen molar-refractivity contribution < 1.29 is 15.0 Å². The van der Waals surface area contributed by atoms with Crippen LogP contribution < -0.4 is 0 Å². The van der Waals surface area contributed by atoms with Crippen molar-refractivity contribution in [2.75, 3.05) is 0 Å². The van der Waals surface area contributed by atoms with Crippen LogP contribution in [-0.4, -0.2) is 27.3 Å². The molecule has 0 saturated heterocycles. The van der Waals surface area contributed by atoms with Gasteiger partial charge in [-0.1, -0.05) is 0 Å². The highest BCUT2D eigenvalue weighted by atomic mass is 32.1. The Hall–Kier alpha value is -0.940. The van der Waals surface area contributed by atoms with Crippen LogP contribution in [0.2, 0.25) is 0 Å². The summed E-state index contributed by atoms with van der Waals surface area (Å²) in [7, 11) is 0. The van der Waals surface area contributed by atoms with Crippen LogP contribution in [0.25, 0.3) is 0 Å². The number of aliphatic hydroxyl groups excluding tert-OH is 1. The fraction of sp³-hybridized carbons (Fsp3) is 0.500. The molecule has 1 heterocycles. The second-order valence-electron chi connectivity index (χ2n) is 3.27. The molecule has 1 aliphatic carbocycles. The first-order valence-corrected chi connectivity index (χ1v) is 4.91. The Bertz CT molecular complexity index is 318. The van der Waals surface area contributed by atoms with Crippen molar-refractivity contribution in [2.24, 2.45) is 0 Å². The number of aromatic nitrogens is 1. The van der Waals surface area contributed by atoms with E-state index >= 15 is 0 Å². The van der Waals surface area contributed by atoms with Crippen molar-refractivity contribution in [3.63, 3.8) is 0 Å². The summed E-state index contributed by atoms with van der Waals surface area (Å²) in [5, 5.41) is 19.9. The van der Waals surface area contributed by atoms with Crippen molar-refractivity contribution in [3.05, 3.63) is 16.6 Å². The van der Waals surface area contributed by atoms with E-state index in [9.17, 15) is 9.90 Å². The van der Waals surface area contributed by atoms with E-state index < -0.39 is 17.5 Å². The number of aliphatic carboxylic acids is 1. The fourth-order valence-corrected chi connectivity index (χ4v) is 2.16. The minimum Gasteiger partial charge on any atom is -0.479 e. The number of carbonyl (C=O) groups is 1. The summed E-state index contributed by atoms with van der Waals surface area (Å²) in [5.41, 5.74) is 1.78. The smallest absolute Gasteiger partial charge is 0.333 e. The Morgan fingerprint density at radius 1 is 1.69 bits per heavy atom. The predicted molar refractivity (Wildman–Crippen MR) is 46.7 cm³/mol. The summed E-state index contributed by atoms with van der Waals surface area (Å²) < 4.78 is 0. The fourth-order valence-electron chi connectivity index (χ4n) is 1.50. The second kappa shape index (κ2) is 2.78. The van der Waals surface area contributed by atoms with Gasteiger partial charge in [-0.2, -0.15) is 0 Å². The molecule has 4 nitrogen and oxygen atoms in total. The molecule has 1 unspecified atom stereocenters. The first-order chi connectivity index (χ1) is 6.17. The molecule has 13 heavy (non-hydrogen) atoms. The van der Waals surface area contributed by atoms with Crippen LogP contribution in [0.5, 0.6) is 0 Å². The van der Waals surface area contributed by atoms with Gasteiger partial charge in [-0.3, -0.25) is 0 Å². The molecule has 1 saturated carbocycles. The highest BCUT2D eigenvalue weighted by Gasteiger charge is 2.54. The molecule has 1 aromatic rings. The molecule has 0 radical (unpaired) electrons. The lowest BCUT2D eigenvalue weighted by molar-refractivity contribution is -0.148. The standard InChI is InChI=1S/C8H9NO3S/c10-6(7(11)12)8(1-2-8)5-3-13-4-9-5/h3-4,6,10H,1-2H2,(H,11,12). The first kappa shape index (κ1) is 8.65. The molecule has 2 N–H and O–H groups in total. The van der Waals surface area contributed by atoms with Crippen molar-refractivity contribution >= 4 is 17.3 Å². The van der Waals surface area contributed by atoms with Gasteiger partial charge in [0.05, 0.1) is 16.6 Å². The van der Waals surface area contributed by atoms with Crippen LogP contribution in [0.3, 0.4) is 0 Å². The summed E-state index contributed by atoms with van der Waals surface area (Å²) in [5.74, 6) is -1.16. The van der Waals surface area contributed by atoms with Gasteiger partial charge in [-0.25, -0.2) is 9.78 Å². The average Bonchev–Trinajstić information content (AvgIpc) is 2.72. The zero-order chi connectivity index (χ0) is 9.47. The number of hydrogen-bond donors (Lipinski definition) is 2. The van der Waals surface area contributed by atoms with Crippen molar-refractivity contribution in [1.82, 2.24) is 4.98 Å². The van der Waals surface area contributed by atoms with E-state index in [-0.39, 0.29) is 0 Å². The third kappa shape index (κ3) is 1.24. The van der Waals surface area contributed by atoms with E-state index in [1.165, 1.54) is 11.3 Å². The molecular weight excluding hydrogens is 190 g/mol. The number of nitrogens with zero attached hydrogens (tertiary/aromatic N) is 1. The molecule has 70 valence electrons. The van der Waals surface area contributed by atoms with E-state index in [1.54, 1.807) is 10.9 Å². The Labute approximate surface area is 78.9 Å². The molecule has 2 rings (SSSR count). The normalized spacial score (nSPS) is 21.0. The lowest BCUT2D eigenvalue weighted by Crippen LogP contribution is -2.34. The molecule has 0 bridgehead atoms. The zero-order valence-corrected chi connectivity index (χ0v) is 7.62. The van der Waals surface area contributed by atoms with Crippen LogP contribution >= 0.6 is 11.3 Å². The van der Waals surface area contributed by atoms with Crippen LogP contribution in [0.15, 0.2) is 10.9 Å². The second-order valence-corrected chi connectivity index (χ2v) is 3.99. The highest BCUT2D eigenvalue weighted by molar-refractivity contribution is 7.07. The molecule has 0 aromatic carbocycles. The van der Waals surface area contributed by atoms with Gasteiger partial charge in [-0.15, -0.1) is 11.3 Å². The zero-order valence-electron chi connectivity index (χ0n) is 6.80. The lowest BCUT2D eigenvalue weighted by Gasteiger charge is -2.15. The topological polar surface area (TPSA) is 70.4 Å². The van der Waals surface area contributed by atoms with E-state index in [0.29, 0.717) is 18.5 Å². The van der Waals surface area contributed by atoms with E-state index in [2.05, 4.69) is 4.98 Å². The molecule has 1 fully saturated rings. The molecule has 1 atom stereocenters. The maximum absolute atomic E-state index is 10.6. The van der Waals surface area contributed by atoms with Gasteiger partial charge in [0.15, 0.2) is 6.10 Å². The van der Waals surface area contributed by atoms with Gasteiger partial charge in [-0.05, 0) is 12.8 Å². The largest absolute Gasteiger partial charge is 0.479 e. The number of hydrogen-bond acceptors (Lipinski definition) is 4. The van der Waals surface area contributed by atoms with E-state index in [4.69, 9.17) is 5.11 Å². The van der Waals surface area contributed by atoms with Crippen molar-refractivity contribution in [2.45, 2.75) is 24.4 Å². The Morgan fingerprint density at radius 3 is 2.77 bits per heavy atom. The third-order valence-corrected chi connectivity index (χ3v) is 3.07. The lowest BCUT2D eigenvalue weighted by atomic mass is 9.96. The molecule has 0 spiro atoms. The van der Waals surface area contributed by atoms with Crippen molar-refractivity contribution in [1.29, 1.82) is 0 Å². The van der Waals surface area contributed by atoms with Crippen molar-refractivity contribution in [3.8, 4) is 0 Å². The maximum atomic E-state index is 10.6. The van der Waals surface area contributed by atoms with Crippen LogP contribution in [0, 0.1) is 0 Å². The van der Waals surface area contributed by atoms with Gasteiger partial charge in [0.2, 0.25) is 0 Å². The summed E-state index contributed by atoms with van der Waals surface area (Å²) in [4.78, 5) is 14.7. The number of thiazole rings is 1. The maximum Gasteiger partial charge on any atom is 0.333 e. The van der Waals surface area contributed by atoms with Gasteiger partial charge in [0, 0.05) is 5.38 Å². The summed E-state index contributed by atoms with van der Waals surface area (Å²) in [6.07, 6.45) is 0.114. The quantitative estimate of drug-likeness (QED) is 0.748. The molecule has 1 aliphatic rings. The minimum absolute atomic E-state index is 0.591. The van der Waals surface area contributed by atoms with E-state index in [0.717, 1.165) is 0 Å². The minimum atomic E-state index is -1.31. The van der Waals surface area contributed by atoms with Crippen LogP contribution in [-0.2, 0) is 10.2 Å². The SMILES string of the molecule is O=C(O)C(O)C1(c2cscn2)CC1. The summed E-state index contributed by atoms with van der Waals surface area (Å²) in [6.45, 7) is 0. The van der Waals surface area contributed by atoms with Gasteiger partial charge >= 0.3 is 5.97 Å². The Morgan fingerprint density at radius 2 is 2.38 bits per heavy atom. The Kier molecular flexibility index (Phi) is 1.85. The Balaban J connectivity index is 2.27. The summed E-state index contributed by atoms with van der Waals surface area (Å²) >= 11 is 1.42. The molecule has 0 aliphatic heterocycles. The van der Waals surface area contributed by atoms with Gasteiger partial charge < -0.3 is 10.2 Å². The molecule has 5 heteroatoms. The summed E-state index contributed by atoms with van der Waals surface area (Å²) in [6, 6.07) is 0. The number of carboxylic acids is 1.